The summed E-state index contributed by atoms with van der Waals surface area (Å²) in [7, 11) is 2.41. The summed E-state index contributed by atoms with van der Waals surface area (Å²) in [5.74, 6) is -2.78. The second kappa shape index (κ2) is 8.95. The number of halogens is 1. The van der Waals surface area contributed by atoms with E-state index >= 15 is 0 Å². The minimum Gasteiger partial charge on any atom is -0.468 e. The van der Waals surface area contributed by atoms with E-state index in [4.69, 9.17) is 16.0 Å². The first-order chi connectivity index (χ1) is 12.4. The Balaban J connectivity index is 2.29. The standard InChI is InChI=1S/C17H18ClNO6S/c1-23-16(21)10(17(22)24-2)6-8-19-12(4-5-13(19)26-3)14(20)15-11(18)7-9-25-15/h4-5,7,9-10H,6,8H2,1-3H3. The average Bonchev–Trinajstić information content (AvgIpc) is 3.26. The number of aromatic nitrogens is 1. The third-order valence-electron chi connectivity index (χ3n) is 3.82. The maximum atomic E-state index is 12.7. The maximum absolute atomic E-state index is 12.7. The molecule has 2 heterocycles. The topological polar surface area (TPSA) is 87.7 Å². The quantitative estimate of drug-likeness (QED) is 0.292. The van der Waals surface area contributed by atoms with Crippen LogP contribution < -0.4 is 0 Å². The van der Waals surface area contributed by atoms with E-state index in [1.165, 1.54) is 38.3 Å². The largest absolute Gasteiger partial charge is 0.468 e. The van der Waals surface area contributed by atoms with Crippen LogP contribution in [0.5, 0.6) is 0 Å². The van der Waals surface area contributed by atoms with Crippen LogP contribution in [0.2, 0.25) is 5.02 Å². The lowest BCUT2D eigenvalue weighted by atomic mass is 10.1. The molecule has 0 fully saturated rings. The van der Waals surface area contributed by atoms with Crippen molar-refractivity contribution in [3.8, 4) is 0 Å². The Morgan fingerprint density at radius 2 is 1.85 bits per heavy atom. The van der Waals surface area contributed by atoms with E-state index in [-0.39, 0.29) is 29.5 Å². The summed E-state index contributed by atoms with van der Waals surface area (Å²) in [6.07, 6.45) is 3.31. The molecule has 2 rings (SSSR count). The highest BCUT2D eigenvalue weighted by atomic mass is 35.5. The molecule has 26 heavy (non-hydrogen) atoms. The van der Waals surface area contributed by atoms with Gasteiger partial charge in [-0.05, 0) is 30.9 Å². The fourth-order valence-corrected chi connectivity index (χ4v) is 3.30. The predicted octanol–water partition coefficient (Wildman–Crippen LogP) is 3.04. The molecule has 7 nitrogen and oxygen atoms in total. The maximum Gasteiger partial charge on any atom is 0.320 e. The fourth-order valence-electron chi connectivity index (χ4n) is 2.50. The fraction of sp³-hybridized carbons (Fsp3) is 0.353. The zero-order valence-electron chi connectivity index (χ0n) is 14.5. The number of rotatable bonds is 8. The van der Waals surface area contributed by atoms with E-state index in [0.29, 0.717) is 5.69 Å². The number of methoxy groups -OCH3 is 2. The van der Waals surface area contributed by atoms with Crippen LogP contribution in [0.4, 0.5) is 0 Å². The molecule has 0 bridgehead atoms. The highest BCUT2D eigenvalue weighted by Gasteiger charge is 2.29. The molecular weight excluding hydrogens is 382 g/mol. The number of hydrogen-bond donors (Lipinski definition) is 0. The molecule has 0 aliphatic carbocycles. The van der Waals surface area contributed by atoms with Gasteiger partial charge in [-0.3, -0.25) is 14.4 Å². The van der Waals surface area contributed by atoms with Crippen molar-refractivity contribution < 1.29 is 28.3 Å². The molecule has 0 radical (unpaired) electrons. The minimum atomic E-state index is -1.07. The van der Waals surface area contributed by atoms with E-state index in [2.05, 4.69) is 9.47 Å². The lowest BCUT2D eigenvalue weighted by molar-refractivity contribution is -0.159. The zero-order valence-corrected chi connectivity index (χ0v) is 16.1. The molecule has 0 spiro atoms. The summed E-state index contributed by atoms with van der Waals surface area (Å²) < 4.78 is 16.2. The summed E-state index contributed by atoms with van der Waals surface area (Å²) in [5.41, 5.74) is 0.347. The predicted molar refractivity (Wildman–Crippen MR) is 95.5 cm³/mol. The van der Waals surface area contributed by atoms with Gasteiger partial charge < -0.3 is 18.5 Å². The van der Waals surface area contributed by atoms with Gasteiger partial charge in [-0.15, -0.1) is 11.8 Å². The average molecular weight is 400 g/mol. The van der Waals surface area contributed by atoms with Gasteiger partial charge in [0.05, 0.1) is 36.2 Å². The summed E-state index contributed by atoms with van der Waals surface area (Å²) in [4.78, 5) is 36.4. The molecule has 0 aromatic carbocycles. The van der Waals surface area contributed by atoms with Crippen molar-refractivity contribution in [2.45, 2.75) is 18.0 Å². The highest BCUT2D eigenvalue weighted by molar-refractivity contribution is 7.98. The molecule has 0 aliphatic rings. The smallest absolute Gasteiger partial charge is 0.320 e. The van der Waals surface area contributed by atoms with Crippen molar-refractivity contribution in [1.82, 2.24) is 4.57 Å². The molecular formula is C17H18ClNO6S. The van der Waals surface area contributed by atoms with Crippen molar-refractivity contribution >= 4 is 41.1 Å². The Bertz CT molecular complexity index is 796. The minimum absolute atomic E-state index is 0.0381. The molecule has 0 atom stereocenters. The number of ether oxygens (including phenoxy) is 2. The second-order valence-electron chi connectivity index (χ2n) is 5.23. The monoisotopic (exact) mass is 399 g/mol. The molecule has 0 N–H and O–H groups in total. The summed E-state index contributed by atoms with van der Waals surface area (Å²) >= 11 is 7.40. The van der Waals surface area contributed by atoms with Gasteiger partial charge in [-0.25, -0.2) is 0 Å². The molecule has 2 aromatic heterocycles. The van der Waals surface area contributed by atoms with Crippen LogP contribution in [0.1, 0.15) is 22.7 Å². The van der Waals surface area contributed by atoms with Crippen LogP contribution in [-0.4, -0.2) is 42.8 Å². The number of esters is 2. The third kappa shape index (κ3) is 4.13. The summed E-state index contributed by atoms with van der Waals surface area (Å²) in [5, 5.41) is 1.01. The van der Waals surface area contributed by atoms with E-state index < -0.39 is 17.9 Å². The second-order valence-corrected chi connectivity index (χ2v) is 6.46. The van der Waals surface area contributed by atoms with Gasteiger partial charge >= 0.3 is 11.9 Å². The first-order valence-electron chi connectivity index (χ1n) is 7.61. The Hall–Kier alpha value is -2.19. The molecule has 9 heteroatoms. The van der Waals surface area contributed by atoms with Gasteiger partial charge in [0.1, 0.15) is 0 Å². The van der Waals surface area contributed by atoms with Crippen LogP contribution in [0.25, 0.3) is 0 Å². The van der Waals surface area contributed by atoms with Gasteiger partial charge in [-0.2, -0.15) is 0 Å². The van der Waals surface area contributed by atoms with E-state index in [9.17, 15) is 14.4 Å². The number of nitrogens with zero attached hydrogens (tertiary/aromatic N) is 1. The van der Waals surface area contributed by atoms with Crippen molar-refractivity contribution in [2.75, 3.05) is 20.5 Å². The van der Waals surface area contributed by atoms with Crippen LogP contribution in [0.3, 0.4) is 0 Å². The Kier molecular flexibility index (Phi) is 6.93. The van der Waals surface area contributed by atoms with E-state index in [1.807, 2.05) is 6.26 Å². The number of furan rings is 1. The Labute approximate surface area is 159 Å². The van der Waals surface area contributed by atoms with E-state index in [1.54, 1.807) is 16.7 Å². The van der Waals surface area contributed by atoms with Gasteiger partial charge in [0.2, 0.25) is 5.78 Å². The summed E-state index contributed by atoms with van der Waals surface area (Å²) in [6, 6.07) is 4.92. The van der Waals surface area contributed by atoms with Gasteiger partial charge in [0, 0.05) is 6.54 Å². The number of hydrogen-bond acceptors (Lipinski definition) is 7. The van der Waals surface area contributed by atoms with Crippen molar-refractivity contribution in [3.63, 3.8) is 0 Å². The third-order valence-corrected chi connectivity index (χ3v) is 4.89. The van der Waals surface area contributed by atoms with Crippen LogP contribution in [-0.2, 0) is 25.6 Å². The lowest BCUT2D eigenvalue weighted by Crippen LogP contribution is -2.28. The number of ketones is 1. The molecule has 2 aromatic rings. The van der Waals surface area contributed by atoms with Crippen molar-refractivity contribution in [2.24, 2.45) is 5.92 Å². The number of carbonyl (C=O) groups excluding carboxylic acids is 3. The highest BCUT2D eigenvalue weighted by Crippen LogP contribution is 2.26. The van der Waals surface area contributed by atoms with Gasteiger partial charge in [0.15, 0.2) is 11.7 Å². The number of thioether (sulfide) groups is 1. The van der Waals surface area contributed by atoms with Crippen LogP contribution in [0, 0.1) is 5.92 Å². The molecule has 140 valence electrons. The normalized spacial score (nSPS) is 10.8. The molecule has 0 amide bonds. The van der Waals surface area contributed by atoms with Gasteiger partial charge in [0.25, 0.3) is 0 Å². The molecule has 0 aliphatic heterocycles. The lowest BCUT2D eigenvalue weighted by Gasteiger charge is -2.15. The number of carbonyl (C=O) groups is 3. The first-order valence-corrected chi connectivity index (χ1v) is 9.21. The Morgan fingerprint density at radius 1 is 1.19 bits per heavy atom. The first kappa shape index (κ1) is 20.1. The SMILES string of the molecule is COC(=O)C(CCn1c(SC)ccc1C(=O)c1occc1Cl)C(=O)OC. The molecule has 0 saturated carbocycles. The van der Waals surface area contributed by atoms with Crippen molar-refractivity contribution in [3.05, 3.63) is 40.9 Å². The molecule has 0 unspecified atom stereocenters. The Morgan fingerprint density at radius 3 is 2.35 bits per heavy atom. The van der Waals surface area contributed by atoms with Crippen molar-refractivity contribution in [1.29, 1.82) is 0 Å². The summed E-state index contributed by atoms with van der Waals surface area (Å²) in [6.45, 7) is 0.234. The van der Waals surface area contributed by atoms with Crippen LogP contribution >= 0.6 is 23.4 Å². The zero-order chi connectivity index (χ0) is 19.3. The van der Waals surface area contributed by atoms with Gasteiger partial charge in [-0.1, -0.05) is 11.6 Å². The molecule has 0 saturated heterocycles. The van der Waals surface area contributed by atoms with Crippen LogP contribution in [0.15, 0.2) is 33.9 Å². The van der Waals surface area contributed by atoms with E-state index in [0.717, 1.165) is 5.03 Å².